The van der Waals surface area contributed by atoms with Crippen molar-refractivity contribution < 1.29 is 4.79 Å². The molecule has 23 heavy (non-hydrogen) atoms. The molecule has 0 radical (unpaired) electrons. The predicted octanol–water partition coefficient (Wildman–Crippen LogP) is 2.93. The van der Waals surface area contributed by atoms with E-state index < -0.39 is 0 Å². The van der Waals surface area contributed by atoms with Gasteiger partial charge in [-0.05, 0) is 49.4 Å². The van der Waals surface area contributed by atoms with E-state index in [-0.39, 0.29) is 17.5 Å². The van der Waals surface area contributed by atoms with Gasteiger partial charge in [0.15, 0.2) is 0 Å². The molecule has 2 N–H and O–H groups in total. The Hall–Kier alpha value is -2.20. The maximum atomic E-state index is 12.4. The van der Waals surface area contributed by atoms with Crippen molar-refractivity contribution in [3.05, 3.63) is 66.0 Å². The summed E-state index contributed by atoms with van der Waals surface area (Å²) in [7, 11) is 0. The van der Waals surface area contributed by atoms with Crippen LogP contribution in [0.5, 0.6) is 0 Å². The fourth-order valence-electron chi connectivity index (χ4n) is 3.10. The van der Waals surface area contributed by atoms with E-state index in [0.717, 1.165) is 24.8 Å². The summed E-state index contributed by atoms with van der Waals surface area (Å²) in [6.45, 7) is 2.37. The molecule has 1 amide bonds. The second-order valence-electron chi connectivity index (χ2n) is 6.23. The highest BCUT2D eigenvalue weighted by Crippen LogP contribution is 2.41. The Morgan fingerprint density at radius 1 is 1.17 bits per heavy atom. The highest BCUT2D eigenvalue weighted by Gasteiger charge is 2.39. The molecule has 120 valence electrons. The van der Waals surface area contributed by atoms with Gasteiger partial charge in [0.2, 0.25) is 5.91 Å². The average Bonchev–Trinajstić information content (AvgIpc) is 2.57. The number of carbonyl (C=O) groups excluding carboxylic acids is 1. The highest BCUT2D eigenvalue weighted by molar-refractivity contribution is 5.79. The SMILES string of the molecule is C[C@H](NCC(=O)NC1(c2ccccc2)CCC1)c1ccncc1. The summed E-state index contributed by atoms with van der Waals surface area (Å²) in [4.78, 5) is 16.4. The number of benzene rings is 1. The van der Waals surface area contributed by atoms with Crippen molar-refractivity contribution in [2.45, 2.75) is 37.8 Å². The van der Waals surface area contributed by atoms with Crippen LogP contribution in [0.4, 0.5) is 0 Å². The Balaban J connectivity index is 1.57. The van der Waals surface area contributed by atoms with E-state index in [1.165, 1.54) is 5.56 Å². The van der Waals surface area contributed by atoms with Crippen LogP contribution >= 0.6 is 0 Å². The molecule has 4 heteroatoms. The number of hydrogen-bond acceptors (Lipinski definition) is 3. The van der Waals surface area contributed by atoms with Crippen molar-refractivity contribution in [3.8, 4) is 0 Å². The van der Waals surface area contributed by atoms with E-state index in [4.69, 9.17) is 0 Å². The molecule has 1 heterocycles. The van der Waals surface area contributed by atoms with E-state index in [1.807, 2.05) is 30.3 Å². The zero-order chi connectivity index (χ0) is 16.1. The van der Waals surface area contributed by atoms with Gasteiger partial charge in [0.1, 0.15) is 0 Å². The maximum Gasteiger partial charge on any atom is 0.234 e. The van der Waals surface area contributed by atoms with Crippen molar-refractivity contribution in [2.24, 2.45) is 0 Å². The summed E-state index contributed by atoms with van der Waals surface area (Å²) in [6, 6.07) is 14.3. The molecular formula is C19H23N3O. The molecule has 1 aromatic heterocycles. The van der Waals surface area contributed by atoms with Gasteiger partial charge in [-0.2, -0.15) is 0 Å². The third kappa shape index (κ3) is 3.59. The fraction of sp³-hybridized carbons (Fsp3) is 0.368. The topological polar surface area (TPSA) is 54.0 Å². The zero-order valence-corrected chi connectivity index (χ0v) is 13.5. The average molecular weight is 309 g/mol. The molecule has 0 spiro atoms. The molecule has 1 aliphatic carbocycles. The number of carbonyl (C=O) groups is 1. The highest BCUT2D eigenvalue weighted by atomic mass is 16.2. The Bertz CT molecular complexity index is 638. The van der Waals surface area contributed by atoms with Gasteiger partial charge in [-0.1, -0.05) is 30.3 Å². The molecule has 4 nitrogen and oxygen atoms in total. The van der Waals surface area contributed by atoms with Gasteiger partial charge < -0.3 is 10.6 Å². The molecule has 1 saturated carbocycles. The van der Waals surface area contributed by atoms with Gasteiger partial charge in [-0.25, -0.2) is 0 Å². The largest absolute Gasteiger partial charge is 0.345 e. The van der Waals surface area contributed by atoms with Crippen LogP contribution in [0.2, 0.25) is 0 Å². The van der Waals surface area contributed by atoms with Crippen LogP contribution in [0.1, 0.15) is 43.4 Å². The quantitative estimate of drug-likeness (QED) is 0.862. The zero-order valence-electron chi connectivity index (χ0n) is 13.5. The minimum Gasteiger partial charge on any atom is -0.345 e. The molecule has 2 aromatic rings. The molecule has 1 aromatic carbocycles. The van der Waals surface area contributed by atoms with E-state index >= 15 is 0 Å². The first-order valence-electron chi connectivity index (χ1n) is 8.19. The first-order valence-corrected chi connectivity index (χ1v) is 8.19. The first-order chi connectivity index (χ1) is 11.2. The normalized spacial score (nSPS) is 17.1. The Morgan fingerprint density at radius 3 is 2.48 bits per heavy atom. The number of nitrogens with zero attached hydrogens (tertiary/aromatic N) is 1. The second kappa shape index (κ2) is 6.92. The summed E-state index contributed by atoms with van der Waals surface area (Å²) >= 11 is 0. The Labute approximate surface area is 137 Å². The number of amides is 1. The van der Waals surface area contributed by atoms with Gasteiger partial charge in [-0.15, -0.1) is 0 Å². The van der Waals surface area contributed by atoms with Crippen molar-refractivity contribution in [3.63, 3.8) is 0 Å². The van der Waals surface area contributed by atoms with Crippen LogP contribution < -0.4 is 10.6 Å². The summed E-state index contributed by atoms with van der Waals surface area (Å²) in [5.41, 5.74) is 2.18. The van der Waals surface area contributed by atoms with Crippen LogP contribution in [-0.4, -0.2) is 17.4 Å². The third-order valence-electron chi connectivity index (χ3n) is 4.69. The van der Waals surface area contributed by atoms with Crippen LogP contribution in [0.15, 0.2) is 54.9 Å². The van der Waals surface area contributed by atoms with Crippen molar-refractivity contribution >= 4 is 5.91 Å². The monoisotopic (exact) mass is 309 g/mol. The second-order valence-corrected chi connectivity index (χ2v) is 6.23. The van der Waals surface area contributed by atoms with E-state index in [2.05, 4.69) is 34.7 Å². The smallest absolute Gasteiger partial charge is 0.234 e. The van der Waals surface area contributed by atoms with Gasteiger partial charge in [-0.3, -0.25) is 9.78 Å². The summed E-state index contributed by atoms with van der Waals surface area (Å²) in [5, 5.41) is 6.52. The molecule has 0 aliphatic heterocycles. The minimum atomic E-state index is -0.167. The molecule has 1 fully saturated rings. The predicted molar refractivity (Wildman–Crippen MR) is 90.8 cm³/mol. The summed E-state index contributed by atoms with van der Waals surface area (Å²) < 4.78 is 0. The number of aromatic nitrogens is 1. The van der Waals surface area contributed by atoms with Crippen molar-refractivity contribution in [1.82, 2.24) is 15.6 Å². The van der Waals surface area contributed by atoms with Gasteiger partial charge >= 0.3 is 0 Å². The molecular weight excluding hydrogens is 286 g/mol. The summed E-state index contributed by atoms with van der Waals surface area (Å²) in [5.74, 6) is 0.0504. The van der Waals surface area contributed by atoms with Crippen LogP contribution in [0.25, 0.3) is 0 Å². The molecule has 0 bridgehead atoms. The van der Waals surface area contributed by atoms with Crippen molar-refractivity contribution in [1.29, 1.82) is 0 Å². The molecule has 3 rings (SSSR count). The number of rotatable bonds is 6. The lowest BCUT2D eigenvalue weighted by Gasteiger charge is -2.43. The molecule has 1 aliphatic rings. The van der Waals surface area contributed by atoms with E-state index in [1.54, 1.807) is 12.4 Å². The van der Waals surface area contributed by atoms with Crippen LogP contribution in [0.3, 0.4) is 0 Å². The minimum absolute atomic E-state index is 0.0504. The lowest BCUT2D eigenvalue weighted by Crippen LogP contribution is -2.53. The number of hydrogen-bond donors (Lipinski definition) is 2. The number of pyridine rings is 1. The lowest BCUT2D eigenvalue weighted by molar-refractivity contribution is -0.123. The molecule has 0 saturated heterocycles. The van der Waals surface area contributed by atoms with Crippen molar-refractivity contribution in [2.75, 3.05) is 6.54 Å². The molecule has 0 unspecified atom stereocenters. The van der Waals surface area contributed by atoms with Gasteiger partial charge in [0.25, 0.3) is 0 Å². The van der Waals surface area contributed by atoms with Crippen LogP contribution in [-0.2, 0) is 10.3 Å². The van der Waals surface area contributed by atoms with Crippen LogP contribution in [0, 0.1) is 0 Å². The third-order valence-corrected chi connectivity index (χ3v) is 4.69. The molecule has 1 atom stereocenters. The van der Waals surface area contributed by atoms with Gasteiger partial charge in [0.05, 0.1) is 12.1 Å². The fourth-order valence-corrected chi connectivity index (χ4v) is 3.10. The maximum absolute atomic E-state index is 12.4. The van der Waals surface area contributed by atoms with Gasteiger partial charge in [0, 0.05) is 18.4 Å². The van der Waals surface area contributed by atoms with E-state index in [9.17, 15) is 4.79 Å². The lowest BCUT2D eigenvalue weighted by atomic mass is 9.72. The van der Waals surface area contributed by atoms with E-state index in [0.29, 0.717) is 6.54 Å². The summed E-state index contributed by atoms with van der Waals surface area (Å²) in [6.07, 6.45) is 6.74. The Morgan fingerprint density at radius 2 is 1.87 bits per heavy atom. The Kier molecular flexibility index (Phi) is 4.72. The first kappa shape index (κ1) is 15.7. The number of nitrogens with one attached hydrogen (secondary N) is 2. The standard InChI is InChI=1S/C19H23N3O/c1-15(16-8-12-20-13-9-16)21-14-18(23)22-19(10-5-11-19)17-6-3-2-4-7-17/h2-4,6-9,12-13,15,21H,5,10-11,14H2,1H3,(H,22,23)/t15-/m0/s1.